The quantitative estimate of drug-likeness (QED) is 0.693. The molecule has 0 aromatic carbocycles. The molecule has 0 bridgehead atoms. The van der Waals surface area contributed by atoms with Gasteiger partial charge in [0.1, 0.15) is 6.33 Å². The molecule has 1 aliphatic heterocycles. The Morgan fingerprint density at radius 1 is 1.27 bits per heavy atom. The molecule has 4 rings (SSSR count). The van der Waals surface area contributed by atoms with E-state index < -0.39 is 0 Å². The third-order valence-electron chi connectivity index (χ3n) is 4.02. The Bertz CT molecular complexity index is 885. The van der Waals surface area contributed by atoms with E-state index in [4.69, 9.17) is 0 Å². The van der Waals surface area contributed by atoms with Gasteiger partial charge in [0.05, 0.1) is 10.6 Å². The first-order valence-corrected chi connectivity index (χ1v) is 9.12. The Labute approximate surface area is 154 Å². The number of urea groups is 1. The molecule has 3 aromatic rings. The number of nitrogens with one attached hydrogen (secondary N) is 2. The van der Waals surface area contributed by atoms with Crippen LogP contribution in [0, 0.1) is 0 Å². The molecule has 1 fully saturated rings. The Hall–Kier alpha value is -3.07. The standard InChI is InChI=1S/C17H17N7OS/c25-17-21-4-6-24(17)5-3-20-16-22-10-13(12-8-18-11-19-9-12)15(23-16)14-2-1-7-26-14/h1-2,7-11H,3-6H2,(H,21,25)(H,20,22,23). The summed E-state index contributed by atoms with van der Waals surface area (Å²) in [5.41, 5.74) is 2.60. The maximum absolute atomic E-state index is 11.6. The van der Waals surface area contributed by atoms with Crippen molar-refractivity contribution in [2.75, 3.05) is 31.5 Å². The lowest BCUT2D eigenvalue weighted by molar-refractivity contribution is 0.219. The molecule has 3 aromatic heterocycles. The van der Waals surface area contributed by atoms with E-state index in [1.54, 1.807) is 34.8 Å². The van der Waals surface area contributed by atoms with E-state index in [2.05, 4.69) is 30.6 Å². The molecule has 2 N–H and O–H groups in total. The summed E-state index contributed by atoms with van der Waals surface area (Å²) < 4.78 is 0. The second kappa shape index (κ2) is 7.44. The van der Waals surface area contributed by atoms with Crippen molar-refractivity contribution < 1.29 is 4.79 Å². The maximum atomic E-state index is 11.6. The summed E-state index contributed by atoms with van der Waals surface area (Å²) in [4.78, 5) is 31.7. The lowest BCUT2D eigenvalue weighted by atomic mass is 10.1. The third kappa shape index (κ3) is 3.47. The number of anilines is 1. The molecule has 0 spiro atoms. The van der Waals surface area contributed by atoms with Gasteiger partial charge in [0, 0.05) is 55.9 Å². The van der Waals surface area contributed by atoms with Gasteiger partial charge in [-0.3, -0.25) is 0 Å². The fraction of sp³-hybridized carbons (Fsp3) is 0.235. The van der Waals surface area contributed by atoms with E-state index in [0.717, 1.165) is 28.2 Å². The van der Waals surface area contributed by atoms with Gasteiger partial charge in [-0.1, -0.05) is 6.07 Å². The van der Waals surface area contributed by atoms with Crippen LogP contribution >= 0.6 is 11.3 Å². The zero-order valence-electron chi connectivity index (χ0n) is 13.9. The third-order valence-corrected chi connectivity index (χ3v) is 4.90. The summed E-state index contributed by atoms with van der Waals surface area (Å²) in [6.45, 7) is 2.63. The van der Waals surface area contributed by atoms with Crippen LogP contribution in [0.1, 0.15) is 0 Å². The molecule has 26 heavy (non-hydrogen) atoms. The molecule has 9 heteroatoms. The van der Waals surface area contributed by atoms with Crippen molar-refractivity contribution in [2.24, 2.45) is 0 Å². The minimum Gasteiger partial charge on any atom is -0.352 e. The van der Waals surface area contributed by atoms with Crippen molar-refractivity contribution in [3.8, 4) is 21.7 Å². The summed E-state index contributed by atoms with van der Waals surface area (Å²) >= 11 is 1.62. The van der Waals surface area contributed by atoms with E-state index in [0.29, 0.717) is 25.6 Å². The van der Waals surface area contributed by atoms with Crippen LogP contribution in [0.2, 0.25) is 0 Å². The number of hydrogen-bond acceptors (Lipinski definition) is 7. The van der Waals surface area contributed by atoms with Crippen molar-refractivity contribution in [3.05, 3.63) is 42.4 Å². The lowest BCUT2D eigenvalue weighted by Crippen LogP contribution is -2.32. The Morgan fingerprint density at radius 2 is 2.15 bits per heavy atom. The first-order chi connectivity index (χ1) is 12.8. The number of hydrogen-bond donors (Lipinski definition) is 2. The maximum Gasteiger partial charge on any atom is 0.317 e. The molecule has 0 aliphatic carbocycles. The average Bonchev–Trinajstić information content (AvgIpc) is 3.35. The van der Waals surface area contributed by atoms with Gasteiger partial charge in [-0.2, -0.15) is 0 Å². The molecule has 4 heterocycles. The molecular formula is C17H17N7OS. The average molecular weight is 367 g/mol. The summed E-state index contributed by atoms with van der Waals surface area (Å²) in [6.07, 6.45) is 6.79. The van der Waals surface area contributed by atoms with Gasteiger partial charge in [-0.15, -0.1) is 11.3 Å². The number of nitrogens with zero attached hydrogens (tertiary/aromatic N) is 5. The number of carbonyl (C=O) groups excluding carboxylic acids is 1. The fourth-order valence-corrected chi connectivity index (χ4v) is 3.47. The van der Waals surface area contributed by atoms with E-state index in [-0.39, 0.29) is 6.03 Å². The normalized spacial score (nSPS) is 13.7. The fourth-order valence-electron chi connectivity index (χ4n) is 2.74. The molecule has 1 saturated heterocycles. The molecule has 0 saturated carbocycles. The van der Waals surface area contributed by atoms with Crippen LogP contribution in [0.4, 0.5) is 10.7 Å². The smallest absolute Gasteiger partial charge is 0.317 e. The second-order valence-electron chi connectivity index (χ2n) is 5.71. The Morgan fingerprint density at radius 3 is 2.88 bits per heavy atom. The molecule has 1 aliphatic rings. The van der Waals surface area contributed by atoms with E-state index in [9.17, 15) is 4.79 Å². The first-order valence-electron chi connectivity index (χ1n) is 8.24. The van der Waals surface area contributed by atoms with Gasteiger partial charge in [-0.05, 0) is 11.4 Å². The number of carbonyl (C=O) groups is 1. The van der Waals surface area contributed by atoms with E-state index in [1.807, 2.05) is 17.5 Å². The molecule has 0 atom stereocenters. The van der Waals surface area contributed by atoms with Gasteiger partial charge in [-0.25, -0.2) is 24.7 Å². The lowest BCUT2D eigenvalue weighted by Gasteiger charge is -2.15. The van der Waals surface area contributed by atoms with Gasteiger partial charge in [0.15, 0.2) is 0 Å². The van der Waals surface area contributed by atoms with Gasteiger partial charge < -0.3 is 15.5 Å². The predicted molar refractivity (Wildman–Crippen MR) is 99.8 cm³/mol. The van der Waals surface area contributed by atoms with Gasteiger partial charge in [0.25, 0.3) is 0 Å². The zero-order valence-corrected chi connectivity index (χ0v) is 14.7. The molecule has 0 unspecified atom stereocenters. The molecule has 132 valence electrons. The summed E-state index contributed by atoms with van der Waals surface area (Å²) in [5, 5.41) is 8.01. The topological polar surface area (TPSA) is 95.9 Å². The van der Waals surface area contributed by atoms with Crippen molar-refractivity contribution in [2.45, 2.75) is 0 Å². The summed E-state index contributed by atoms with van der Waals surface area (Å²) in [7, 11) is 0. The highest BCUT2D eigenvalue weighted by Gasteiger charge is 2.18. The number of thiophene rings is 1. The zero-order chi connectivity index (χ0) is 17.8. The van der Waals surface area contributed by atoms with Crippen LogP contribution in [0.15, 0.2) is 42.4 Å². The van der Waals surface area contributed by atoms with E-state index in [1.165, 1.54) is 6.33 Å². The molecule has 2 amide bonds. The second-order valence-corrected chi connectivity index (χ2v) is 6.65. The summed E-state index contributed by atoms with van der Waals surface area (Å²) in [5.74, 6) is 0.536. The minimum absolute atomic E-state index is 0.0218. The van der Waals surface area contributed by atoms with Crippen LogP contribution in [-0.4, -0.2) is 57.0 Å². The van der Waals surface area contributed by atoms with Crippen molar-refractivity contribution in [1.29, 1.82) is 0 Å². The molecular weight excluding hydrogens is 350 g/mol. The van der Waals surface area contributed by atoms with Gasteiger partial charge >= 0.3 is 6.03 Å². The highest BCUT2D eigenvalue weighted by Crippen LogP contribution is 2.32. The van der Waals surface area contributed by atoms with Crippen LogP contribution < -0.4 is 10.6 Å². The van der Waals surface area contributed by atoms with Crippen molar-refractivity contribution in [3.63, 3.8) is 0 Å². The monoisotopic (exact) mass is 367 g/mol. The first kappa shape index (κ1) is 16.4. The number of rotatable bonds is 6. The van der Waals surface area contributed by atoms with Crippen LogP contribution in [0.25, 0.3) is 21.7 Å². The van der Waals surface area contributed by atoms with Crippen LogP contribution in [0.3, 0.4) is 0 Å². The SMILES string of the molecule is O=C1NCCN1CCNc1ncc(-c2cncnc2)c(-c2cccs2)n1. The largest absolute Gasteiger partial charge is 0.352 e. The molecule has 8 nitrogen and oxygen atoms in total. The highest BCUT2D eigenvalue weighted by atomic mass is 32.1. The summed E-state index contributed by atoms with van der Waals surface area (Å²) in [6, 6.07) is 4.00. The van der Waals surface area contributed by atoms with Crippen LogP contribution in [-0.2, 0) is 0 Å². The Kier molecular flexibility index (Phi) is 4.69. The highest BCUT2D eigenvalue weighted by molar-refractivity contribution is 7.13. The van der Waals surface area contributed by atoms with E-state index >= 15 is 0 Å². The van der Waals surface area contributed by atoms with Gasteiger partial charge in [0.2, 0.25) is 5.95 Å². The van der Waals surface area contributed by atoms with Crippen molar-refractivity contribution in [1.82, 2.24) is 30.2 Å². The number of aromatic nitrogens is 4. The minimum atomic E-state index is -0.0218. The molecule has 0 radical (unpaired) electrons. The van der Waals surface area contributed by atoms with Crippen LogP contribution in [0.5, 0.6) is 0 Å². The number of amides is 2. The predicted octanol–water partition coefficient (Wildman–Crippen LogP) is 2.10. The van der Waals surface area contributed by atoms with Crippen molar-refractivity contribution >= 4 is 23.3 Å². The Balaban J connectivity index is 1.55.